The van der Waals surface area contributed by atoms with Gasteiger partial charge in [-0.05, 0) is 68.4 Å². The molecule has 0 bridgehead atoms. The fourth-order valence-corrected chi connectivity index (χ4v) is 7.31. The molecule has 9 heteroatoms. The van der Waals surface area contributed by atoms with Crippen LogP contribution in [0.2, 0.25) is 0 Å². The maximum absolute atomic E-state index is 13.6. The number of fused-ring (bicyclic) bond motifs is 2. The Morgan fingerprint density at radius 2 is 1.57 bits per heavy atom. The predicted molar refractivity (Wildman–Crippen MR) is 145 cm³/mol. The summed E-state index contributed by atoms with van der Waals surface area (Å²) < 4.78 is 18.0. The molecule has 218 valence electrons. The second kappa shape index (κ2) is 10.4. The standard InChI is InChI=1S/C31H40O9/c1-16-21-14-31(29(5,6)37)15-23(35)17(2)25(31)26(40-28(36)20-11-9-8-10-12-20)27(39-19(4)33)30(21,7)24(13-22(16)34)38-18(3)32/h8-12,21-24,26-27,34-35,37H,1,13-15H2,2-7H3/t21-,22?,23?,24+,26-,27+,30+,31+/m1/s1. The van der Waals surface area contributed by atoms with Gasteiger partial charge in [0, 0.05) is 25.7 Å². The molecule has 0 amide bonds. The van der Waals surface area contributed by atoms with Crippen LogP contribution in [0.15, 0.2) is 53.6 Å². The van der Waals surface area contributed by atoms with Gasteiger partial charge in [-0.25, -0.2) is 4.79 Å². The highest BCUT2D eigenvalue weighted by Crippen LogP contribution is 2.65. The minimum absolute atomic E-state index is 0.00129. The van der Waals surface area contributed by atoms with Crippen molar-refractivity contribution in [2.75, 3.05) is 0 Å². The molecule has 0 radical (unpaired) electrons. The maximum Gasteiger partial charge on any atom is 0.338 e. The number of hydrogen-bond acceptors (Lipinski definition) is 9. The largest absolute Gasteiger partial charge is 0.462 e. The van der Waals surface area contributed by atoms with E-state index in [0.717, 1.165) is 0 Å². The number of aliphatic hydroxyl groups excluding tert-OH is 2. The second-order valence-electron chi connectivity index (χ2n) is 12.2. The predicted octanol–water partition coefficient (Wildman–Crippen LogP) is 3.26. The third kappa shape index (κ3) is 4.78. The van der Waals surface area contributed by atoms with Crippen LogP contribution in [0.25, 0.3) is 0 Å². The first kappa shape index (κ1) is 30.0. The van der Waals surface area contributed by atoms with Crippen molar-refractivity contribution in [3.8, 4) is 0 Å². The monoisotopic (exact) mass is 556 g/mol. The smallest absolute Gasteiger partial charge is 0.338 e. The van der Waals surface area contributed by atoms with E-state index in [4.69, 9.17) is 14.2 Å². The third-order valence-corrected chi connectivity index (χ3v) is 9.48. The van der Waals surface area contributed by atoms with E-state index in [0.29, 0.717) is 16.7 Å². The van der Waals surface area contributed by atoms with Crippen LogP contribution in [0.5, 0.6) is 0 Å². The van der Waals surface area contributed by atoms with E-state index in [9.17, 15) is 29.7 Å². The summed E-state index contributed by atoms with van der Waals surface area (Å²) >= 11 is 0. The molecular formula is C31H40O9. The van der Waals surface area contributed by atoms with Crippen LogP contribution in [-0.2, 0) is 23.8 Å². The van der Waals surface area contributed by atoms with Crippen molar-refractivity contribution in [1.82, 2.24) is 0 Å². The zero-order chi connectivity index (χ0) is 29.8. The number of esters is 3. The first-order valence-electron chi connectivity index (χ1n) is 13.6. The zero-order valence-corrected chi connectivity index (χ0v) is 24.0. The van der Waals surface area contributed by atoms with E-state index < -0.39 is 70.8 Å². The first-order chi connectivity index (χ1) is 18.5. The fourth-order valence-electron chi connectivity index (χ4n) is 7.31. The van der Waals surface area contributed by atoms with Crippen LogP contribution >= 0.6 is 0 Å². The summed E-state index contributed by atoms with van der Waals surface area (Å²) in [4.78, 5) is 38.5. The summed E-state index contributed by atoms with van der Waals surface area (Å²) in [6, 6.07) is 8.34. The van der Waals surface area contributed by atoms with Crippen molar-refractivity contribution in [2.45, 2.75) is 96.9 Å². The van der Waals surface area contributed by atoms with Gasteiger partial charge in [0.25, 0.3) is 0 Å². The Morgan fingerprint density at radius 3 is 2.12 bits per heavy atom. The van der Waals surface area contributed by atoms with Gasteiger partial charge in [0.2, 0.25) is 0 Å². The van der Waals surface area contributed by atoms with Gasteiger partial charge in [-0.1, -0.05) is 31.7 Å². The lowest BCUT2D eigenvalue weighted by atomic mass is 9.56. The molecule has 2 saturated carbocycles. The molecule has 1 aromatic rings. The molecule has 0 saturated heterocycles. The topological polar surface area (TPSA) is 140 Å². The summed E-state index contributed by atoms with van der Waals surface area (Å²) in [5, 5.41) is 34.0. The van der Waals surface area contributed by atoms with E-state index in [-0.39, 0.29) is 24.8 Å². The van der Waals surface area contributed by atoms with Crippen molar-refractivity contribution in [3.05, 3.63) is 59.2 Å². The number of hydrogen-bond donors (Lipinski definition) is 3. The lowest BCUT2D eigenvalue weighted by Gasteiger charge is -2.53. The van der Waals surface area contributed by atoms with Crippen LogP contribution in [-0.4, -0.2) is 69.3 Å². The number of ether oxygens (including phenoxy) is 3. The molecule has 9 nitrogen and oxygen atoms in total. The molecule has 0 aliphatic heterocycles. The van der Waals surface area contributed by atoms with Gasteiger partial charge < -0.3 is 29.5 Å². The number of aliphatic hydroxyl groups is 3. The van der Waals surface area contributed by atoms with E-state index in [1.807, 2.05) is 0 Å². The van der Waals surface area contributed by atoms with Gasteiger partial charge in [0.1, 0.15) is 6.10 Å². The van der Waals surface area contributed by atoms with E-state index >= 15 is 0 Å². The van der Waals surface area contributed by atoms with Crippen molar-refractivity contribution >= 4 is 17.9 Å². The lowest BCUT2D eigenvalue weighted by Crippen LogP contribution is -2.60. The average Bonchev–Trinajstić information content (AvgIpc) is 3.07. The quantitative estimate of drug-likeness (QED) is 0.283. The Balaban J connectivity index is 2.04. The van der Waals surface area contributed by atoms with Gasteiger partial charge in [0.15, 0.2) is 12.2 Å². The normalized spacial score (nSPS) is 35.8. The molecule has 0 heterocycles. The Morgan fingerprint density at radius 1 is 0.975 bits per heavy atom. The van der Waals surface area contributed by atoms with Crippen LogP contribution in [0.3, 0.4) is 0 Å². The highest BCUT2D eigenvalue weighted by molar-refractivity contribution is 5.89. The zero-order valence-electron chi connectivity index (χ0n) is 24.0. The van der Waals surface area contributed by atoms with Gasteiger partial charge in [-0.15, -0.1) is 0 Å². The molecule has 4 rings (SSSR count). The van der Waals surface area contributed by atoms with Crippen LogP contribution < -0.4 is 0 Å². The molecule has 2 fully saturated rings. The summed E-state index contributed by atoms with van der Waals surface area (Å²) in [6.07, 6.45) is -5.14. The van der Waals surface area contributed by atoms with E-state index in [2.05, 4.69) is 6.58 Å². The molecule has 0 aromatic heterocycles. The minimum atomic E-state index is -1.45. The summed E-state index contributed by atoms with van der Waals surface area (Å²) in [5.74, 6) is -2.59. The van der Waals surface area contributed by atoms with Crippen molar-refractivity contribution < 1.29 is 43.9 Å². The van der Waals surface area contributed by atoms with Gasteiger partial charge >= 0.3 is 17.9 Å². The molecule has 1 aromatic carbocycles. The summed E-state index contributed by atoms with van der Waals surface area (Å²) in [6.45, 7) is 13.4. The highest BCUT2D eigenvalue weighted by Gasteiger charge is 2.68. The van der Waals surface area contributed by atoms with Gasteiger partial charge in [0.05, 0.1) is 28.8 Å². The Kier molecular flexibility index (Phi) is 7.81. The Labute approximate surface area is 234 Å². The molecule has 40 heavy (non-hydrogen) atoms. The molecule has 0 spiro atoms. The second-order valence-corrected chi connectivity index (χ2v) is 12.2. The van der Waals surface area contributed by atoms with Crippen molar-refractivity contribution in [3.63, 3.8) is 0 Å². The molecular weight excluding hydrogens is 516 g/mol. The minimum Gasteiger partial charge on any atom is -0.462 e. The van der Waals surface area contributed by atoms with Crippen LogP contribution in [0.1, 0.15) is 71.2 Å². The number of benzene rings is 1. The first-order valence-corrected chi connectivity index (χ1v) is 13.6. The lowest BCUT2D eigenvalue weighted by molar-refractivity contribution is -0.195. The molecule has 3 aliphatic rings. The Hall–Kier alpha value is -3.01. The van der Waals surface area contributed by atoms with Crippen molar-refractivity contribution in [1.29, 1.82) is 0 Å². The average molecular weight is 557 g/mol. The van der Waals surface area contributed by atoms with Crippen LogP contribution in [0.4, 0.5) is 0 Å². The molecule has 3 aliphatic carbocycles. The van der Waals surface area contributed by atoms with E-state index in [1.165, 1.54) is 13.8 Å². The number of carbonyl (C=O) groups excluding carboxylic acids is 3. The fraction of sp³-hybridized carbons (Fsp3) is 0.581. The molecule has 8 atom stereocenters. The van der Waals surface area contributed by atoms with E-state index in [1.54, 1.807) is 58.0 Å². The van der Waals surface area contributed by atoms with Crippen molar-refractivity contribution in [2.24, 2.45) is 16.7 Å². The van der Waals surface area contributed by atoms with Crippen LogP contribution in [0, 0.1) is 16.7 Å². The third-order valence-electron chi connectivity index (χ3n) is 9.48. The summed E-state index contributed by atoms with van der Waals surface area (Å²) in [7, 11) is 0. The number of carbonyl (C=O) groups is 3. The summed E-state index contributed by atoms with van der Waals surface area (Å²) in [5.41, 5.74) is -2.19. The van der Waals surface area contributed by atoms with Gasteiger partial charge in [-0.3, -0.25) is 9.59 Å². The number of rotatable bonds is 5. The molecule has 2 unspecified atom stereocenters. The highest BCUT2D eigenvalue weighted by atomic mass is 16.6. The van der Waals surface area contributed by atoms with Gasteiger partial charge in [-0.2, -0.15) is 0 Å². The molecule has 3 N–H and O–H groups in total. The SMILES string of the molecule is C=C1C(O)C[C@H](OC(C)=O)[C@]2(C)[C@@H]1C[C@]1(C(C)(C)O)CC(O)C(C)=C1[C@@H](OC(=O)c1ccccc1)[C@@H]2OC(C)=O. The maximum atomic E-state index is 13.6. The Bertz CT molecular complexity index is 1230.